The Kier molecular flexibility index (Phi) is 9.21. The topological polar surface area (TPSA) is 59.8 Å². The third-order valence-electron chi connectivity index (χ3n) is 5.56. The van der Waals surface area contributed by atoms with E-state index in [4.69, 9.17) is 14.6 Å². The number of halogens is 1. The van der Waals surface area contributed by atoms with Crippen molar-refractivity contribution in [2.24, 2.45) is 0 Å². The zero-order valence-electron chi connectivity index (χ0n) is 20.7. The molecule has 0 spiro atoms. The number of benzene rings is 2. The molecule has 0 aliphatic carbocycles. The van der Waals surface area contributed by atoms with Crippen molar-refractivity contribution in [3.05, 3.63) is 71.7 Å². The summed E-state index contributed by atoms with van der Waals surface area (Å²) in [6.45, 7) is 11.3. The highest BCUT2D eigenvalue weighted by molar-refractivity contribution is 5.44. The normalized spacial score (nSPS) is 12.6. The van der Waals surface area contributed by atoms with E-state index in [2.05, 4.69) is 18.7 Å². The van der Waals surface area contributed by atoms with E-state index in [0.717, 1.165) is 16.9 Å². The molecule has 0 amide bonds. The Morgan fingerprint density at radius 1 is 1.03 bits per heavy atom. The van der Waals surface area contributed by atoms with Crippen LogP contribution in [-0.2, 0) is 17.7 Å². The molecule has 0 aliphatic heterocycles. The van der Waals surface area contributed by atoms with E-state index in [1.165, 1.54) is 6.07 Å². The van der Waals surface area contributed by atoms with E-state index in [9.17, 15) is 9.50 Å². The fraction of sp³-hybridized carbons (Fsp3) is 0.444. The van der Waals surface area contributed by atoms with Crippen LogP contribution in [0.1, 0.15) is 45.9 Å². The third kappa shape index (κ3) is 6.65. The van der Waals surface area contributed by atoms with Gasteiger partial charge in [0.05, 0.1) is 35.8 Å². The molecule has 184 valence electrons. The van der Waals surface area contributed by atoms with E-state index < -0.39 is 11.9 Å². The summed E-state index contributed by atoms with van der Waals surface area (Å²) in [7, 11) is 0. The van der Waals surface area contributed by atoms with Crippen molar-refractivity contribution in [3.63, 3.8) is 0 Å². The number of aliphatic hydroxyl groups is 1. The van der Waals surface area contributed by atoms with Gasteiger partial charge in [0.1, 0.15) is 0 Å². The molecule has 7 heteroatoms. The average molecular weight is 470 g/mol. The predicted molar refractivity (Wildman–Crippen MR) is 132 cm³/mol. The smallest absolute Gasteiger partial charge is 0.227 e. The lowest BCUT2D eigenvalue weighted by molar-refractivity contribution is -0.0137. The van der Waals surface area contributed by atoms with E-state index in [1.807, 2.05) is 51.1 Å². The summed E-state index contributed by atoms with van der Waals surface area (Å²) in [6.07, 6.45) is 0.113. The van der Waals surface area contributed by atoms with Crippen LogP contribution in [0.15, 0.2) is 54.6 Å². The number of hydrogen-bond donors (Lipinski definition) is 1. The van der Waals surface area contributed by atoms with Crippen molar-refractivity contribution in [2.75, 3.05) is 13.2 Å². The fourth-order valence-corrected chi connectivity index (χ4v) is 3.69. The van der Waals surface area contributed by atoms with Crippen LogP contribution in [0.5, 0.6) is 11.6 Å². The Bertz CT molecular complexity index is 1040. The number of hydrogen-bond acceptors (Lipinski definition) is 5. The van der Waals surface area contributed by atoms with Crippen LogP contribution >= 0.6 is 0 Å². The van der Waals surface area contributed by atoms with Crippen LogP contribution in [0.4, 0.5) is 4.39 Å². The molecule has 1 unspecified atom stereocenters. The first-order valence-corrected chi connectivity index (χ1v) is 11.9. The van der Waals surface area contributed by atoms with Gasteiger partial charge in [0, 0.05) is 19.1 Å². The molecule has 0 aliphatic rings. The molecular formula is C27H36FN3O3. The molecular weight excluding hydrogens is 433 g/mol. The maximum absolute atomic E-state index is 14.5. The van der Waals surface area contributed by atoms with Gasteiger partial charge in [-0.3, -0.25) is 4.90 Å². The van der Waals surface area contributed by atoms with Crippen LogP contribution in [0.3, 0.4) is 0 Å². The third-order valence-corrected chi connectivity index (χ3v) is 5.56. The minimum atomic E-state index is -0.630. The zero-order chi connectivity index (χ0) is 24.7. The van der Waals surface area contributed by atoms with E-state index in [0.29, 0.717) is 25.4 Å². The monoisotopic (exact) mass is 469 g/mol. The van der Waals surface area contributed by atoms with Crippen molar-refractivity contribution >= 4 is 0 Å². The molecule has 0 saturated carbocycles. The van der Waals surface area contributed by atoms with Gasteiger partial charge in [-0.05, 0) is 58.4 Å². The standard InChI is InChI=1S/C27H36FN3O3/c1-6-25-23(17-30(19(2)3)16-22(32)18-33-20(4)5)27(34-26-15-11-10-14-24(26)28)31(29-25)21-12-8-7-9-13-21/h7-15,19-20,22,32H,6,16-18H2,1-5H3. The van der Waals surface area contributed by atoms with Crippen LogP contribution in [0, 0.1) is 5.82 Å². The molecule has 0 bridgehead atoms. The van der Waals surface area contributed by atoms with Gasteiger partial charge < -0.3 is 14.6 Å². The first kappa shape index (κ1) is 25.9. The van der Waals surface area contributed by atoms with Crippen molar-refractivity contribution in [1.82, 2.24) is 14.7 Å². The van der Waals surface area contributed by atoms with Gasteiger partial charge in [0.2, 0.25) is 5.88 Å². The number of aryl methyl sites for hydroxylation is 1. The van der Waals surface area contributed by atoms with Crippen LogP contribution in [-0.4, -0.2) is 51.2 Å². The Morgan fingerprint density at radius 3 is 2.32 bits per heavy atom. The second-order valence-electron chi connectivity index (χ2n) is 8.92. The number of para-hydroxylation sites is 2. The molecule has 1 N–H and O–H groups in total. The largest absolute Gasteiger partial charge is 0.435 e. The van der Waals surface area contributed by atoms with Gasteiger partial charge in [-0.1, -0.05) is 37.3 Å². The average Bonchev–Trinajstić information content (AvgIpc) is 3.16. The second kappa shape index (κ2) is 12.1. The molecule has 0 radical (unpaired) electrons. The van der Waals surface area contributed by atoms with Crippen molar-refractivity contribution < 1.29 is 19.0 Å². The Labute approximate surface area is 201 Å². The second-order valence-corrected chi connectivity index (χ2v) is 8.92. The summed E-state index contributed by atoms with van der Waals surface area (Å²) in [6, 6.07) is 16.2. The highest BCUT2D eigenvalue weighted by Gasteiger charge is 2.25. The summed E-state index contributed by atoms with van der Waals surface area (Å²) < 4.78 is 28.0. The summed E-state index contributed by atoms with van der Waals surface area (Å²) in [5.41, 5.74) is 2.57. The molecule has 34 heavy (non-hydrogen) atoms. The van der Waals surface area contributed by atoms with Gasteiger partial charge in [-0.25, -0.2) is 9.07 Å². The molecule has 0 saturated heterocycles. The minimum Gasteiger partial charge on any atom is -0.435 e. The zero-order valence-corrected chi connectivity index (χ0v) is 20.7. The molecule has 3 aromatic rings. The van der Waals surface area contributed by atoms with Crippen molar-refractivity contribution in [3.8, 4) is 17.3 Å². The lowest BCUT2D eigenvalue weighted by Crippen LogP contribution is -2.39. The van der Waals surface area contributed by atoms with Gasteiger partial charge >= 0.3 is 0 Å². The molecule has 0 fully saturated rings. The summed E-state index contributed by atoms with van der Waals surface area (Å²) in [4.78, 5) is 2.16. The minimum absolute atomic E-state index is 0.0544. The first-order valence-electron chi connectivity index (χ1n) is 11.9. The Balaban J connectivity index is 2.00. The van der Waals surface area contributed by atoms with Gasteiger partial charge in [0.15, 0.2) is 11.6 Å². The Morgan fingerprint density at radius 2 is 1.71 bits per heavy atom. The fourth-order valence-electron chi connectivity index (χ4n) is 3.69. The maximum Gasteiger partial charge on any atom is 0.227 e. The Hall–Kier alpha value is -2.74. The van der Waals surface area contributed by atoms with Gasteiger partial charge in [-0.2, -0.15) is 5.10 Å². The first-order chi connectivity index (χ1) is 16.3. The lowest BCUT2D eigenvalue weighted by atomic mass is 10.1. The molecule has 2 aromatic carbocycles. The van der Waals surface area contributed by atoms with Crippen molar-refractivity contribution in [2.45, 2.75) is 65.8 Å². The van der Waals surface area contributed by atoms with E-state index in [-0.39, 0.29) is 24.5 Å². The maximum atomic E-state index is 14.5. The van der Waals surface area contributed by atoms with E-state index >= 15 is 0 Å². The summed E-state index contributed by atoms with van der Waals surface area (Å²) in [5, 5.41) is 15.4. The number of ether oxygens (including phenoxy) is 2. The highest BCUT2D eigenvalue weighted by atomic mass is 19.1. The SMILES string of the molecule is CCc1nn(-c2ccccc2)c(Oc2ccccc2F)c1CN(CC(O)COC(C)C)C(C)C. The quantitative estimate of drug-likeness (QED) is 0.387. The van der Waals surface area contributed by atoms with Gasteiger partial charge in [0.25, 0.3) is 0 Å². The number of rotatable bonds is 12. The van der Waals surface area contributed by atoms with Crippen LogP contribution in [0.2, 0.25) is 0 Å². The summed E-state index contributed by atoms with van der Waals surface area (Å²) in [5.74, 6) is 0.186. The molecule has 1 aromatic heterocycles. The predicted octanol–water partition coefficient (Wildman–Crippen LogP) is 5.36. The lowest BCUT2D eigenvalue weighted by Gasteiger charge is -2.29. The number of nitrogens with zero attached hydrogens (tertiary/aromatic N) is 3. The molecule has 1 heterocycles. The van der Waals surface area contributed by atoms with Crippen LogP contribution in [0.25, 0.3) is 5.69 Å². The van der Waals surface area contributed by atoms with E-state index in [1.54, 1.807) is 22.9 Å². The molecule has 6 nitrogen and oxygen atoms in total. The number of aliphatic hydroxyl groups excluding tert-OH is 1. The van der Waals surface area contributed by atoms with Crippen molar-refractivity contribution in [1.29, 1.82) is 0 Å². The highest BCUT2D eigenvalue weighted by Crippen LogP contribution is 2.33. The van der Waals surface area contributed by atoms with Gasteiger partial charge in [-0.15, -0.1) is 0 Å². The summed E-state index contributed by atoms with van der Waals surface area (Å²) >= 11 is 0. The number of aromatic nitrogens is 2. The molecule has 1 atom stereocenters. The molecule has 3 rings (SSSR count). The van der Waals surface area contributed by atoms with Crippen LogP contribution < -0.4 is 4.74 Å².